The molecule has 0 aliphatic carbocycles. The summed E-state index contributed by atoms with van der Waals surface area (Å²) < 4.78 is 1.62. The zero-order chi connectivity index (χ0) is 15.4. The van der Waals surface area contributed by atoms with Crippen molar-refractivity contribution in [1.82, 2.24) is 4.57 Å². The van der Waals surface area contributed by atoms with Crippen LogP contribution >= 0.6 is 11.6 Å². The summed E-state index contributed by atoms with van der Waals surface area (Å²) in [6.45, 7) is 2.11. The monoisotopic (exact) mass is 303 g/mol. The summed E-state index contributed by atoms with van der Waals surface area (Å²) in [5.41, 5.74) is 3.67. The number of halogens is 1. The molecule has 1 aromatic heterocycles. The van der Waals surface area contributed by atoms with Crippen molar-refractivity contribution in [2.75, 3.05) is 0 Å². The Morgan fingerprint density at radius 1 is 1.14 bits per heavy atom. The van der Waals surface area contributed by atoms with Crippen LogP contribution in [0.15, 0.2) is 41.2 Å². The lowest BCUT2D eigenvalue weighted by Gasteiger charge is -2.11. The van der Waals surface area contributed by atoms with Crippen molar-refractivity contribution in [1.29, 1.82) is 0 Å². The number of carbonyl (C=O) groups excluding carboxylic acids is 1. The molecule has 0 fully saturated rings. The van der Waals surface area contributed by atoms with Crippen LogP contribution in [-0.4, -0.2) is 9.81 Å². The maximum Gasteiger partial charge on any atom is 0.253 e. The van der Waals surface area contributed by atoms with Gasteiger partial charge in [-0.05, 0) is 41.6 Å². The Labute approximate surface area is 129 Å². The fraction of sp³-hybridized carbons (Fsp3) is 0.294. The van der Waals surface area contributed by atoms with Crippen molar-refractivity contribution < 1.29 is 4.79 Å². The molecule has 4 heteroatoms. The van der Waals surface area contributed by atoms with Gasteiger partial charge in [0.1, 0.15) is 0 Å². The van der Waals surface area contributed by atoms with E-state index in [0.717, 1.165) is 17.7 Å². The molecule has 0 atom stereocenters. The number of nitrogens with zero attached hydrogens (tertiary/aromatic N) is 1. The summed E-state index contributed by atoms with van der Waals surface area (Å²) in [7, 11) is 1.75. The van der Waals surface area contributed by atoms with Gasteiger partial charge in [-0.2, -0.15) is 0 Å². The van der Waals surface area contributed by atoms with Gasteiger partial charge in [0.25, 0.3) is 5.56 Å². The van der Waals surface area contributed by atoms with Gasteiger partial charge in [0.05, 0.1) is 5.69 Å². The van der Waals surface area contributed by atoms with E-state index in [4.69, 9.17) is 11.6 Å². The van der Waals surface area contributed by atoms with Crippen molar-refractivity contribution >= 4 is 16.8 Å². The Kier molecular flexibility index (Phi) is 4.97. The zero-order valence-electron chi connectivity index (χ0n) is 12.2. The fourth-order valence-electron chi connectivity index (χ4n) is 2.31. The van der Waals surface area contributed by atoms with E-state index in [2.05, 4.69) is 19.1 Å². The summed E-state index contributed by atoms with van der Waals surface area (Å²) in [6.07, 6.45) is 1.55. The zero-order valence-corrected chi connectivity index (χ0v) is 13.0. The SMILES string of the molecule is CCc1ccc(-c2ccc(CCC(=O)Cl)c(=O)n2C)cc1. The first-order valence-corrected chi connectivity index (χ1v) is 7.37. The molecule has 110 valence electrons. The van der Waals surface area contributed by atoms with Crippen LogP contribution in [0.5, 0.6) is 0 Å². The Morgan fingerprint density at radius 3 is 2.38 bits per heavy atom. The summed E-state index contributed by atoms with van der Waals surface area (Å²) in [4.78, 5) is 23.1. The van der Waals surface area contributed by atoms with Crippen LogP contribution in [-0.2, 0) is 24.7 Å². The van der Waals surface area contributed by atoms with E-state index < -0.39 is 5.24 Å². The summed E-state index contributed by atoms with van der Waals surface area (Å²) in [5, 5.41) is -0.420. The number of carbonyl (C=O) groups is 1. The van der Waals surface area contributed by atoms with Crippen molar-refractivity contribution in [2.45, 2.75) is 26.2 Å². The molecule has 0 N–H and O–H groups in total. The van der Waals surface area contributed by atoms with Gasteiger partial charge in [0.2, 0.25) is 5.24 Å². The second-order valence-electron chi connectivity index (χ2n) is 5.01. The predicted octanol–water partition coefficient (Wildman–Crippen LogP) is 3.31. The average molecular weight is 304 g/mol. The molecule has 0 bridgehead atoms. The van der Waals surface area contributed by atoms with Gasteiger partial charge in [-0.1, -0.05) is 37.3 Å². The highest BCUT2D eigenvalue weighted by molar-refractivity contribution is 6.63. The highest BCUT2D eigenvalue weighted by Crippen LogP contribution is 2.19. The number of hydrogen-bond donors (Lipinski definition) is 0. The highest BCUT2D eigenvalue weighted by atomic mass is 35.5. The molecule has 0 aliphatic rings. The quantitative estimate of drug-likeness (QED) is 0.795. The first-order chi connectivity index (χ1) is 10.0. The Hall–Kier alpha value is -1.87. The van der Waals surface area contributed by atoms with E-state index >= 15 is 0 Å². The van der Waals surface area contributed by atoms with Crippen LogP contribution in [0.2, 0.25) is 0 Å². The highest BCUT2D eigenvalue weighted by Gasteiger charge is 2.09. The molecule has 2 rings (SSSR count). The van der Waals surface area contributed by atoms with Gasteiger partial charge < -0.3 is 4.57 Å². The van der Waals surface area contributed by atoms with Crippen LogP contribution in [0.1, 0.15) is 24.5 Å². The largest absolute Gasteiger partial charge is 0.311 e. The molecule has 21 heavy (non-hydrogen) atoms. The number of rotatable bonds is 5. The molecule has 0 spiro atoms. The molecule has 0 saturated heterocycles. The third kappa shape index (κ3) is 3.61. The van der Waals surface area contributed by atoms with E-state index in [1.54, 1.807) is 17.7 Å². The van der Waals surface area contributed by atoms with E-state index in [0.29, 0.717) is 12.0 Å². The van der Waals surface area contributed by atoms with E-state index in [-0.39, 0.29) is 12.0 Å². The number of hydrogen-bond acceptors (Lipinski definition) is 2. The summed E-state index contributed by atoms with van der Waals surface area (Å²) in [6, 6.07) is 11.9. The minimum Gasteiger partial charge on any atom is -0.311 e. The lowest BCUT2D eigenvalue weighted by molar-refractivity contribution is -0.111. The van der Waals surface area contributed by atoms with Crippen LogP contribution in [0.25, 0.3) is 11.3 Å². The smallest absolute Gasteiger partial charge is 0.253 e. The fourth-order valence-corrected chi connectivity index (χ4v) is 2.41. The van der Waals surface area contributed by atoms with Gasteiger partial charge in [0, 0.05) is 19.0 Å². The second-order valence-corrected chi connectivity index (χ2v) is 5.44. The number of benzene rings is 1. The van der Waals surface area contributed by atoms with Crippen LogP contribution in [0.3, 0.4) is 0 Å². The van der Waals surface area contributed by atoms with Crippen LogP contribution in [0.4, 0.5) is 0 Å². The van der Waals surface area contributed by atoms with Crippen LogP contribution < -0.4 is 5.56 Å². The predicted molar refractivity (Wildman–Crippen MR) is 85.7 cm³/mol. The summed E-state index contributed by atoms with van der Waals surface area (Å²) in [5.74, 6) is 0. The molecule has 2 aromatic rings. The molecule has 0 saturated carbocycles. The number of aryl methyl sites for hydroxylation is 2. The third-order valence-corrected chi connectivity index (χ3v) is 3.82. The van der Waals surface area contributed by atoms with Crippen molar-refractivity contribution in [2.24, 2.45) is 7.05 Å². The van der Waals surface area contributed by atoms with Gasteiger partial charge in [0.15, 0.2) is 0 Å². The molecular weight excluding hydrogens is 286 g/mol. The van der Waals surface area contributed by atoms with Gasteiger partial charge in [-0.25, -0.2) is 0 Å². The normalized spacial score (nSPS) is 10.6. The van der Waals surface area contributed by atoms with Crippen molar-refractivity contribution in [3.63, 3.8) is 0 Å². The lowest BCUT2D eigenvalue weighted by atomic mass is 10.1. The molecule has 0 aliphatic heterocycles. The van der Waals surface area contributed by atoms with Gasteiger partial charge in [-0.3, -0.25) is 9.59 Å². The summed E-state index contributed by atoms with van der Waals surface area (Å²) >= 11 is 5.33. The second kappa shape index (κ2) is 6.72. The lowest BCUT2D eigenvalue weighted by Crippen LogP contribution is -2.22. The van der Waals surface area contributed by atoms with Gasteiger partial charge >= 0.3 is 0 Å². The Morgan fingerprint density at radius 2 is 1.81 bits per heavy atom. The van der Waals surface area contributed by atoms with Crippen LogP contribution in [0, 0.1) is 0 Å². The molecule has 0 amide bonds. The van der Waals surface area contributed by atoms with Crippen molar-refractivity contribution in [3.05, 3.63) is 57.9 Å². The Bertz CT molecular complexity index is 702. The molecule has 0 radical (unpaired) electrons. The molecule has 1 aromatic carbocycles. The van der Waals surface area contributed by atoms with Crippen molar-refractivity contribution in [3.8, 4) is 11.3 Å². The molecular formula is C17H18ClNO2. The topological polar surface area (TPSA) is 39.1 Å². The minimum absolute atomic E-state index is 0.0787. The third-order valence-electron chi connectivity index (χ3n) is 3.63. The minimum atomic E-state index is -0.420. The number of pyridine rings is 1. The first kappa shape index (κ1) is 15.5. The maximum absolute atomic E-state index is 12.3. The van der Waals surface area contributed by atoms with E-state index in [1.807, 2.05) is 18.2 Å². The van der Waals surface area contributed by atoms with E-state index in [9.17, 15) is 9.59 Å². The maximum atomic E-state index is 12.3. The standard InChI is InChI=1S/C17H18ClNO2/c1-3-12-4-6-13(7-5-12)15-10-8-14(9-11-16(18)20)17(21)19(15)2/h4-8,10H,3,9,11H2,1-2H3. The Balaban J connectivity index is 2.35. The first-order valence-electron chi connectivity index (χ1n) is 6.99. The molecule has 0 unspecified atom stereocenters. The molecule has 1 heterocycles. The van der Waals surface area contributed by atoms with E-state index in [1.165, 1.54) is 5.56 Å². The number of aromatic nitrogens is 1. The average Bonchev–Trinajstić information content (AvgIpc) is 2.49. The molecule has 3 nitrogen and oxygen atoms in total. The van der Waals surface area contributed by atoms with Gasteiger partial charge in [-0.15, -0.1) is 0 Å².